The number of nitrogens with one attached hydrogen (secondary N) is 1. The van der Waals surface area contributed by atoms with Crippen LogP contribution in [0.3, 0.4) is 0 Å². The molecule has 0 atom stereocenters. The van der Waals surface area contributed by atoms with Crippen LogP contribution in [0.25, 0.3) is 0 Å². The first-order valence-electron chi connectivity index (χ1n) is 9.84. The largest absolute Gasteiger partial charge is 0.347 e. The minimum absolute atomic E-state index is 0.251. The number of likely N-dealkylation sites (tertiary alicyclic amines) is 1. The summed E-state index contributed by atoms with van der Waals surface area (Å²) in [6.45, 7) is 10.5. The van der Waals surface area contributed by atoms with Crippen LogP contribution in [0.5, 0.6) is 0 Å². The molecule has 2 aliphatic heterocycles. The predicted octanol–water partition coefficient (Wildman–Crippen LogP) is 3.24. The van der Waals surface area contributed by atoms with Gasteiger partial charge in [-0.25, -0.2) is 0 Å². The van der Waals surface area contributed by atoms with Crippen molar-refractivity contribution < 1.29 is 19.1 Å². The molecule has 0 aromatic heterocycles. The van der Waals surface area contributed by atoms with Crippen LogP contribution in [0, 0.1) is 0 Å². The number of amides is 2. The fraction of sp³-hybridized carbons (Fsp3) is 0.619. The van der Waals surface area contributed by atoms with E-state index in [4.69, 9.17) is 9.47 Å². The van der Waals surface area contributed by atoms with Gasteiger partial charge in [-0.1, -0.05) is 45.9 Å². The highest BCUT2D eigenvalue weighted by molar-refractivity contribution is 6.39. The molecule has 0 radical (unpaired) electrons. The molecule has 0 aliphatic carbocycles. The molecule has 6 heteroatoms. The molecule has 148 valence electrons. The number of piperidine rings is 1. The van der Waals surface area contributed by atoms with Gasteiger partial charge in [-0.15, -0.1) is 0 Å². The third-order valence-electron chi connectivity index (χ3n) is 5.43. The summed E-state index contributed by atoms with van der Waals surface area (Å²) in [7, 11) is 0. The normalized spacial score (nSPS) is 19.1. The molecule has 2 fully saturated rings. The quantitative estimate of drug-likeness (QED) is 0.825. The Hall–Kier alpha value is -1.92. The van der Waals surface area contributed by atoms with Gasteiger partial charge in [0.1, 0.15) is 0 Å². The average Bonchev–Trinajstić information content (AvgIpc) is 3.09. The first kappa shape index (κ1) is 19.8. The van der Waals surface area contributed by atoms with Crippen LogP contribution in [-0.2, 0) is 19.1 Å². The summed E-state index contributed by atoms with van der Waals surface area (Å²) in [6.07, 6.45) is 1.21. The highest BCUT2D eigenvalue weighted by Gasteiger charge is 2.41. The van der Waals surface area contributed by atoms with Crippen LogP contribution in [0.2, 0.25) is 0 Å². The van der Waals surface area contributed by atoms with Crippen molar-refractivity contribution in [1.29, 1.82) is 0 Å². The van der Waals surface area contributed by atoms with Crippen LogP contribution in [-0.4, -0.2) is 48.8 Å². The number of benzene rings is 1. The Morgan fingerprint density at radius 3 is 2.00 bits per heavy atom. The number of carbonyl (C=O) groups is 2. The summed E-state index contributed by atoms with van der Waals surface area (Å²) < 4.78 is 11.4. The van der Waals surface area contributed by atoms with Gasteiger partial charge in [0.25, 0.3) is 0 Å². The van der Waals surface area contributed by atoms with Gasteiger partial charge in [-0.3, -0.25) is 9.59 Å². The molecule has 6 nitrogen and oxygen atoms in total. The smallest absolute Gasteiger partial charge is 0.313 e. The lowest BCUT2D eigenvalue weighted by Gasteiger charge is -2.37. The summed E-state index contributed by atoms with van der Waals surface area (Å²) in [5.74, 6) is -1.12. The van der Waals surface area contributed by atoms with Gasteiger partial charge < -0.3 is 19.7 Å². The predicted molar refractivity (Wildman–Crippen MR) is 104 cm³/mol. The lowest BCUT2D eigenvalue weighted by molar-refractivity contribution is -0.187. The van der Waals surface area contributed by atoms with Crippen molar-refractivity contribution in [2.75, 3.05) is 31.6 Å². The first-order chi connectivity index (χ1) is 12.8. The maximum Gasteiger partial charge on any atom is 0.313 e. The molecule has 0 bridgehead atoms. The molecule has 1 aromatic carbocycles. The summed E-state index contributed by atoms with van der Waals surface area (Å²) in [4.78, 5) is 27.0. The number of nitrogens with zero attached hydrogens (tertiary/aromatic N) is 1. The highest BCUT2D eigenvalue weighted by atomic mass is 16.7. The Bertz CT molecular complexity index is 672. The van der Waals surface area contributed by atoms with Crippen molar-refractivity contribution >= 4 is 17.5 Å². The molecule has 3 rings (SSSR count). The van der Waals surface area contributed by atoms with Gasteiger partial charge in [-0.05, 0) is 23.0 Å². The molecule has 2 heterocycles. The minimum atomic E-state index is -0.575. The summed E-state index contributed by atoms with van der Waals surface area (Å²) in [5, 5.41) is 2.91. The maximum absolute atomic E-state index is 12.7. The molecule has 1 N–H and O–H groups in total. The lowest BCUT2D eigenvalue weighted by atomic mass is 9.92. The van der Waals surface area contributed by atoms with E-state index in [9.17, 15) is 9.59 Å². The number of para-hydroxylation sites is 1. The molecule has 27 heavy (non-hydrogen) atoms. The SMILES string of the molecule is CC(C)c1cccc(C(C)C)c1NC(=O)C(=O)N1CCC2(CC1)OCCO2. The van der Waals surface area contributed by atoms with Crippen molar-refractivity contribution in [2.45, 2.75) is 58.2 Å². The Balaban J connectivity index is 1.71. The van der Waals surface area contributed by atoms with Gasteiger partial charge in [0, 0.05) is 31.6 Å². The first-order valence-corrected chi connectivity index (χ1v) is 9.84. The second-order valence-electron chi connectivity index (χ2n) is 7.97. The van der Waals surface area contributed by atoms with Crippen LogP contribution in [0.15, 0.2) is 18.2 Å². The minimum Gasteiger partial charge on any atom is -0.347 e. The maximum atomic E-state index is 12.7. The number of hydrogen-bond acceptors (Lipinski definition) is 4. The highest BCUT2D eigenvalue weighted by Crippen LogP contribution is 2.33. The van der Waals surface area contributed by atoms with E-state index in [1.165, 1.54) is 0 Å². The Morgan fingerprint density at radius 2 is 1.52 bits per heavy atom. The topological polar surface area (TPSA) is 67.9 Å². The summed E-state index contributed by atoms with van der Waals surface area (Å²) in [5.41, 5.74) is 2.87. The van der Waals surface area contributed by atoms with Crippen LogP contribution in [0.1, 0.15) is 63.5 Å². The molecule has 2 amide bonds. The number of rotatable bonds is 3. The number of hydrogen-bond donors (Lipinski definition) is 1. The second kappa shape index (κ2) is 7.98. The average molecular weight is 374 g/mol. The lowest BCUT2D eigenvalue weighted by Crippen LogP contribution is -2.50. The van der Waals surface area contributed by atoms with Gasteiger partial charge in [-0.2, -0.15) is 0 Å². The fourth-order valence-corrected chi connectivity index (χ4v) is 3.84. The monoisotopic (exact) mass is 374 g/mol. The van der Waals surface area contributed by atoms with E-state index in [2.05, 4.69) is 33.0 Å². The molecule has 2 aliphatic rings. The van der Waals surface area contributed by atoms with Crippen molar-refractivity contribution in [2.24, 2.45) is 0 Å². The van der Waals surface area contributed by atoms with E-state index in [0.29, 0.717) is 39.1 Å². The van der Waals surface area contributed by atoms with Crippen molar-refractivity contribution in [1.82, 2.24) is 4.90 Å². The van der Waals surface area contributed by atoms with E-state index >= 15 is 0 Å². The van der Waals surface area contributed by atoms with Gasteiger partial charge >= 0.3 is 11.8 Å². The van der Waals surface area contributed by atoms with Gasteiger partial charge in [0.05, 0.1) is 13.2 Å². The molecule has 1 spiro atoms. The zero-order chi connectivity index (χ0) is 19.6. The summed E-state index contributed by atoms with van der Waals surface area (Å²) in [6, 6.07) is 6.03. The molecule has 0 unspecified atom stereocenters. The van der Waals surface area contributed by atoms with Crippen LogP contribution < -0.4 is 5.32 Å². The summed E-state index contributed by atoms with van der Waals surface area (Å²) >= 11 is 0. The number of carbonyl (C=O) groups excluding carboxylic acids is 2. The van der Waals surface area contributed by atoms with Crippen molar-refractivity contribution in [3.8, 4) is 0 Å². The van der Waals surface area contributed by atoms with Gasteiger partial charge in [0.15, 0.2) is 5.79 Å². The zero-order valence-corrected chi connectivity index (χ0v) is 16.7. The van der Waals surface area contributed by atoms with Crippen LogP contribution >= 0.6 is 0 Å². The third kappa shape index (κ3) is 4.17. The van der Waals surface area contributed by atoms with Crippen molar-refractivity contribution in [3.05, 3.63) is 29.3 Å². The van der Waals surface area contributed by atoms with Gasteiger partial charge in [0.2, 0.25) is 0 Å². The molecule has 2 saturated heterocycles. The molecule has 1 aromatic rings. The number of anilines is 1. The molecular weight excluding hydrogens is 344 g/mol. The Kier molecular flexibility index (Phi) is 5.86. The third-order valence-corrected chi connectivity index (χ3v) is 5.43. The second-order valence-corrected chi connectivity index (χ2v) is 7.97. The number of ether oxygens (including phenoxy) is 2. The molecular formula is C21H30N2O4. The van der Waals surface area contributed by atoms with E-state index in [0.717, 1.165) is 16.8 Å². The van der Waals surface area contributed by atoms with E-state index < -0.39 is 17.6 Å². The van der Waals surface area contributed by atoms with E-state index in [-0.39, 0.29) is 11.8 Å². The van der Waals surface area contributed by atoms with Crippen molar-refractivity contribution in [3.63, 3.8) is 0 Å². The van der Waals surface area contributed by atoms with E-state index in [1.807, 2.05) is 18.2 Å². The van der Waals surface area contributed by atoms with Crippen LogP contribution in [0.4, 0.5) is 5.69 Å². The molecule has 0 saturated carbocycles. The standard InChI is InChI=1S/C21H30N2O4/c1-14(2)16-6-5-7-17(15(3)4)18(16)22-19(24)20(25)23-10-8-21(9-11-23)26-12-13-27-21/h5-7,14-15H,8-13H2,1-4H3,(H,22,24). The van der Waals surface area contributed by atoms with E-state index in [1.54, 1.807) is 4.90 Å². The Morgan fingerprint density at radius 1 is 1.00 bits per heavy atom. The fourth-order valence-electron chi connectivity index (χ4n) is 3.84. The zero-order valence-electron chi connectivity index (χ0n) is 16.7. The Labute approximate surface area is 161 Å².